The second-order valence-corrected chi connectivity index (χ2v) is 9.66. The number of carbonyl (C=O) groups is 1. The molecule has 3 nitrogen and oxygen atoms in total. The van der Waals surface area contributed by atoms with Crippen molar-refractivity contribution in [2.24, 2.45) is 0 Å². The molecule has 1 amide bonds. The molecule has 33 heavy (non-hydrogen) atoms. The van der Waals surface area contributed by atoms with Gasteiger partial charge in [-0.2, -0.15) is 0 Å². The van der Waals surface area contributed by atoms with E-state index in [4.69, 9.17) is 0 Å². The molecule has 0 saturated carbocycles. The molecule has 1 aliphatic carbocycles. The second kappa shape index (κ2) is 14.9. The fourth-order valence-corrected chi connectivity index (χ4v) is 4.90. The molecule has 0 saturated heterocycles. The molecule has 0 aliphatic heterocycles. The Bertz CT molecular complexity index is 814. The van der Waals surface area contributed by atoms with Crippen LogP contribution >= 0.6 is 0 Å². The number of aryl methyl sites for hydroxylation is 1. The predicted octanol–water partition coefficient (Wildman–Crippen LogP) is 7.50. The molecule has 1 aliphatic rings. The van der Waals surface area contributed by atoms with Gasteiger partial charge in [-0.25, -0.2) is 0 Å². The van der Waals surface area contributed by atoms with Crippen LogP contribution in [0, 0.1) is 0 Å². The smallest absolute Gasteiger partial charge is 0.251 e. The summed E-state index contributed by atoms with van der Waals surface area (Å²) < 4.78 is 0. The highest BCUT2D eigenvalue weighted by molar-refractivity contribution is 5.94. The molecule has 2 aromatic carbocycles. The van der Waals surface area contributed by atoms with Gasteiger partial charge in [-0.3, -0.25) is 4.79 Å². The first-order valence-corrected chi connectivity index (χ1v) is 13.5. The summed E-state index contributed by atoms with van der Waals surface area (Å²) in [5.41, 5.74) is 4.92. The maximum absolute atomic E-state index is 12.4. The van der Waals surface area contributed by atoms with Gasteiger partial charge in [-0.05, 0) is 54.5 Å². The van der Waals surface area contributed by atoms with Crippen LogP contribution in [-0.4, -0.2) is 12.5 Å². The first-order valence-electron chi connectivity index (χ1n) is 13.5. The van der Waals surface area contributed by atoms with E-state index < -0.39 is 0 Å². The number of carbonyl (C=O) groups excluding carboxylic acids is 1. The number of fused-ring (bicyclic) bond motifs is 1. The summed E-state index contributed by atoms with van der Waals surface area (Å²) in [6.45, 7) is 3.88. The molecule has 1 atom stereocenters. The number of rotatable bonds is 15. The summed E-state index contributed by atoms with van der Waals surface area (Å²) in [7, 11) is 0. The molecular weight excluding hydrogens is 404 g/mol. The van der Waals surface area contributed by atoms with Crippen LogP contribution < -0.4 is 10.6 Å². The number of hydrogen-bond acceptors (Lipinski definition) is 2. The van der Waals surface area contributed by atoms with Crippen LogP contribution in [0.15, 0.2) is 48.5 Å². The van der Waals surface area contributed by atoms with Gasteiger partial charge >= 0.3 is 0 Å². The van der Waals surface area contributed by atoms with Crippen molar-refractivity contribution < 1.29 is 4.79 Å². The van der Waals surface area contributed by atoms with E-state index in [0.717, 1.165) is 25.1 Å². The summed E-state index contributed by atoms with van der Waals surface area (Å²) in [5.74, 6) is 0.0478. The minimum absolute atomic E-state index is 0.0478. The largest absolute Gasteiger partial charge is 0.352 e. The van der Waals surface area contributed by atoms with Crippen LogP contribution in [0.4, 0.5) is 0 Å². The Morgan fingerprint density at radius 1 is 0.848 bits per heavy atom. The first-order chi connectivity index (χ1) is 16.3. The summed E-state index contributed by atoms with van der Waals surface area (Å²) in [5, 5.41) is 6.80. The SMILES string of the molecule is CCCCCCCCCCCCNC(=O)c1ccc(CNC2CCCc3ccccc32)cc1. The average molecular weight is 449 g/mol. The highest BCUT2D eigenvalue weighted by Gasteiger charge is 2.18. The Balaban J connectivity index is 1.28. The fraction of sp³-hybridized carbons (Fsp3) is 0.567. The van der Waals surface area contributed by atoms with Crippen LogP contribution in [0.3, 0.4) is 0 Å². The number of hydrogen-bond donors (Lipinski definition) is 2. The Labute approximate surface area is 201 Å². The van der Waals surface area contributed by atoms with Crippen molar-refractivity contribution in [1.82, 2.24) is 10.6 Å². The van der Waals surface area contributed by atoms with E-state index in [1.807, 2.05) is 12.1 Å². The van der Waals surface area contributed by atoms with Gasteiger partial charge in [0, 0.05) is 24.7 Å². The minimum Gasteiger partial charge on any atom is -0.352 e. The van der Waals surface area contributed by atoms with Crippen molar-refractivity contribution in [2.45, 2.75) is 103 Å². The number of unbranched alkanes of at least 4 members (excludes halogenated alkanes) is 9. The highest BCUT2D eigenvalue weighted by atomic mass is 16.1. The van der Waals surface area contributed by atoms with Gasteiger partial charge in [0.15, 0.2) is 0 Å². The molecule has 180 valence electrons. The van der Waals surface area contributed by atoms with Gasteiger partial charge in [0.25, 0.3) is 5.91 Å². The topological polar surface area (TPSA) is 41.1 Å². The molecule has 0 aromatic heterocycles. The lowest BCUT2D eigenvalue weighted by molar-refractivity contribution is 0.0953. The molecule has 3 heteroatoms. The van der Waals surface area contributed by atoms with Crippen LogP contribution in [0.1, 0.15) is 117 Å². The van der Waals surface area contributed by atoms with Crippen LogP contribution in [-0.2, 0) is 13.0 Å². The zero-order valence-electron chi connectivity index (χ0n) is 20.7. The molecule has 2 N–H and O–H groups in total. The third-order valence-corrected chi connectivity index (χ3v) is 6.95. The van der Waals surface area contributed by atoms with E-state index in [1.165, 1.54) is 93.7 Å². The quantitative estimate of drug-likeness (QED) is 0.277. The average Bonchev–Trinajstić information content (AvgIpc) is 2.86. The molecule has 2 aromatic rings. The normalized spacial score (nSPS) is 15.2. The highest BCUT2D eigenvalue weighted by Crippen LogP contribution is 2.29. The monoisotopic (exact) mass is 448 g/mol. The summed E-state index contributed by atoms with van der Waals surface area (Å²) in [4.78, 5) is 12.4. The molecule has 0 bridgehead atoms. The summed E-state index contributed by atoms with van der Waals surface area (Å²) in [6, 6.07) is 17.3. The molecule has 0 radical (unpaired) electrons. The Hall–Kier alpha value is -2.13. The van der Waals surface area contributed by atoms with Gasteiger partial charge in [-0.15, -0.1) is 0 Å². The van der Waals surface area contributed by atoms with E-state index in [1.54, 1.807) is 0 Å². The lowest BCUT2D eigenvalue weighted by Crippen LogP contribution is -2.25. The third kappa shape index (κ3) is 8.97. The van der Waals surface area contributed by atoms with Gasteiger partial charge in [-0.1, -0.05) is 101 Å². The van der Waals surface area contributed by atoms with E-state index in [9.17, 15) is 4.79 Å². The number of benzene rings is 2. The van der Waals surface area contributed by atoms with Crippen molar-refractivity contribution in [1.29, 1.82) is 0 Å². The van der Waals surface area contributed by atoms with Crippen molar-refractivity contribution >= 4 is 5.91 Å². The van der Waals surface area contributed by atoms with Gasteiger partial charge < -0.3 is 10.6 Å². The third-order valence-electron chi connectivity index (χ3n) is 6.95. The fourth-order valence-electron chi connectivity index (χ4n) is 4.90. The van der Waals surface area contributed by atoms with Crippen LogP contribution in [0.2, 0.25) is 0 Å². The Morgan fingerprint density at radius 3 is 2.24 bits per heavy atom. The molecule has 0 spiro atoms. The van der Waals surface area contributed by atoms with E-state index in [-0.39, 0.29) is 5.91 Å². The zero-order chi connectivity index (χ0) is 23.1. The number of nitrogens with one attached hydrogen (secondary N) is 2. The Kier molecular flexibility index (Phi) is 11.5. The molecular formula is C30H44N2O. The maximum atomic E-state index is 12.4. The Morgan fingerprint density at radius 2 is 1.52 bits per heavy atom. The predicted molar refractivity (Wildman–Crippen MR) is 140 cm³/mol. The second-order valence-electron chi connectivity index (χ2n) is 9.66. The minimum atomic E-state index is 0.0478. The van der Waals surface area contributed by atoms with Crippen LogP contribution in [0.25, 0.3) is 0 Å². The van der Waals surface area contributed by atoms with E-state index in [0.29, 0.717) is 6.04 Å². The molecule has 1 unspecified atom stereocenters. The summed E-state index contributed by atoms with van der Waals surface area (Å²) in [6.07, 6.45) is 16.8. The lowest BCUT2D eigenvalue weighted by atomic mass is 9.87. The first kappa shape index (κ1) is 25.5. The van der Waals surface area contributed by atoms with Gasteiger partial charge in [0.05, 0.1) is 0 Å². The van der Waals surface area contributed by atoms with Gasteiger partial charge in [0.1, 0.15) is 0 Å². The molecule has 0 fully saturated rings. The van der Waals surface area contributed by atoms with Crippen molar-refractivity contribution in [3.05, 3.63) is 70.8 Å². The van der Waals surface area contributed by atoms with Crippen molar-refractivity contribution in [3.63, 3.8) is 0 Å². The molecule has 3 rings (SSSR count). The van der Waals surface area contributed by atoms with Crippen molar-refractivity contribution in [3.8, 4) is 0 Å². The number of amides is 1. The summed E-state index contributed by atoms with van der Waals surface area (Å²) >= 11 is 0. The van der Waals surface area contributed by atoms with Crippen LogP contribution in [0.5, 0.6) is 0 Å². The molecule has 0 heterocycles. The maximum Gasteiger partial charge on any atom is 0.251 e. The van der Waals surface area contributed by atoms with E-state index >= 15 is 0 Å². The standard InChI is InChI=1S/C30H44N2O/c1-2-3-4-5-6-7-8-9-10-13-23-31-30(33)27-21-19-25(20-22-27)24-32-29-18-14-16-26-15-11-12-17-28(26)29/h11-12,15,17,19-22,29,32H,2-10,13-14,16,18,23-24H2,1H3,(H,31,33). The van der Waals surface area contributed by atoms with Gasteiger partial charge in [0.2, 0.25) is 0 Å². The van der Waals surface area contributed by atoms with E-state index in [2.05, 4.69) is 54.0 Å². The van der Waals surface area contributed by atoms with Crippen molar-refractivity contribution in [2.75, 3.05) is 6.54 Å². The lowest BCUT2D eigenvalue weighted by Gasteiger charge is -2.26. The zero-order valence-corrected chi connectivity index (χ0v) is 20.7.